The van der Waals surface area contributed by atoms with Gasteiger partial charge in [-0.1, -0.05) is 38.7 Å². The van der Waals surface area contributed by atoms with Crippen molar-refractivity contribution < 1.29 is 14.0 Å². The van der Waals surface area contributed by atoms with Crippen molar-refractivity contribution in [3.63, 3.8) is 0 Å². The summed E-state index contributed by atoms with van der Waals surface area (Å²) in [6.07, 6.45) is 4.51. The highest BCUT2D eigenvalue weighted by atomic mass is 19.1. The molecule has 1 aromatic carbocycles. The first-order valence-corrected chi connectivity index (χ1v) is 6.90. The van der Waals surface area contributed by atoms with E-state index in [0.29, 0.717) is 6.42 Å². The van der Waals surface area contributed by atoms with Crippen molar-refractivity contribution in [2.75, 3.05) is 0 Å². The summed E-state index contributed by atoms with van der Waals surface area (Å²) in [5.74, 6) is -1.54. The van der Waals surface area contributed by atoms with Crippen LogP contribution in [0.3, 0.4) is 0 Å². The van der Waals surface area contributed by atoms with Crippen LogP contribution in [0.25, 0.3) is 0 Å². The van der Waals surface area contributed by atoms with E-state index in [-0.39, 0.29) is 5.56 Å². The molecule has 5 heteroatoms. The number of unbranched alkanes of at least 4 members (excludes halogenated alkanes) is 3. The number of hydrogen-bond acceptors (Lipinski definition) is 2. The second-order valence-corrected chi connectivity index (χ2v) is 4.79. The summed E-state index contributed by atoms with van der Waals surface area (Å²) in [5, 5.41) is 2.56. The molecule has 0 aliphatic carbocycles. The molecule has 0 aliphatic rings. The van der Waals surface area contributed by atoms with Crippen LogP contribution in [0.5, 0.6) is 0 Å². The number of amides is 2. The van der Waals surface area contributed by atoms with Gasteiger partial charge in [-0.2, -0.15) is 0 Å². The average molecular weight is 280 g/mol. The number of halogens is 1. The maximum Gasteiger partial charge on any atom is 0.252 e. The van der Waals surface area contributed by atoms with Gasteiger partial charge in [0, 0.05) is 5.56 Å². The van der Waals surface area contributed by atoms with Crippen molar-refractivity contribution in [3.8, 4) is 0 Å². The van der Waals surface area contributed by atoms with Gasteiger partial charge in [0.1, 0.15) is 11.9 Å². The van der Waals surface area contributed by atoms with Crippen LogP contribution in [0.1, 0.15) is 49.4 Å². The molecule has 3 N–H and O–H groups in total. The van der Waals surface area contributed by atoms with E-state index in [1.165, 1.54) is 18.2 Å². The lowest BCUT2D eigenvalue weighted by Crippen LogP contribution is -2.44. The Bertz CT molecular complexity index is 463. The van der Waals surface area contributed by atoms with E-state index in [1.54, 1.807) is 0 Å². The number of benzene rings is 1. The van der Waals surface area contributed by atoms with Crippen LogP contribution in [-0.2, 0) is 4.79 Å². The molecule has 0 aromatic heterocycles. The van der Waals surface area contributed by atoms with Crippen LogP contribution in [0, 0.1) is 5.82 Å². The number of hydrogen-bond donors (Lipinski definition) is 2. The first-order valence-electron chi connectivity index (χ1n) is 6.90. The topological polar surface area (TPSA) is 72.2 Å². The van der Waals surface area contributed by atoms with E-state index in [4.69, 9.17) is 5.73 Å². The van der Waals surface area contributed by atoms with Crippen molar-refractivity contribution in [2.45, 2.75) is 45.1 Å². The number of carbonyl (C=O) groups is 2. The minimum absolute atomic E-state index is 0.185. The zero-order valence-corrected chi connectivity index (χ0v) is 11.7. The predicted octanol–water partition coefficient (Wildman–Crippen LogP) is 2.38. The fraction of sp³-hybridized carbons (Fsp3) is 0.467. The Morgan fingerprint density at radius 2 is 2.05 bits per heavy atom. The summed E-state index contributed by atoms with van der Waals surface area (Å²) in [6, 6.07) is 4.62. The van der Waals surface area contributed by atoms with Gasteiger partial charge in [0.25, 0.3) is 5.91 Å². The number of nitrogens with two attached hydrogens (primary N) is 1. The molecule has 1 aromatic rings. The summed E-state index contributed by atoms with van der Waals surface area (Å²) < 4.78 is 13.0. The van der Waals surface area contributed by atoms with Crippen LogP contribution >= 0.6 is 0 Å². The van der Waals surface area contributed by atoms with Gasteiger partial charge in [-0.25, -0.2) is 4.39 Å². The third kappa shape index (κ3) is 5.38. The molecule has 110 valence electrons. The van der Waals surface area contributed by atoms with E-state index < -0.39 is 23.7 Å². The molecule has 0 saturated heterocycles. The van der Waals surface area contributed by atoms with Crippen molar-refractivity contribution in [2.24, 2.45) is 5.73 Å². The molecule has 0 bridgehead atoms. The summed E-state index contributed by atoms with van der Waals surface area (Å²) in [5.41, 5.74) is 5.46. The Morgan fingerprint density at radius 1 is 1.30 bits per heavy atom. The minimum Gasteiger partial charge on any atom is -0.368 e. The van der Waals surface area contributed by atoms with E-state index in [0.717, 1.165) is 31.7 Å². The van der Waals surface area contributed by atoms with E-state index in [2.05, 4.69) is 12.2 Å². The first kappa shape index (κ1) is 16.1. The predicted molar refractivity (Wildman–Crippen MR) is 75.6 cm³/mol. The van der Waals surface area contributed by atoms with Gasteiger partial charge in [0.05, 0.1) is 0 Å². The fourth-order valence-corrected chi connectivity index (χ4v) is 1.93. The second kappa shape index (κ2) is 8.30. The molecule has 2 amide bonds. The quantitative estimate of drug-likeness (QED) is 0.718. The average Bonchev–Trinajstić information content (AvgIpc) is 2.41. The maximum atomic E-state index is 13.0. The molecular formula is C15H21FN2O2. The number of primary amides is 1. The summed E-state index contributed by atoms with van der Waals surface area (Å²) in [4.78, 5) is 23.2. The lowest BCUT2D eigenvalue weighted by molar-refractivity contribution is -0.120. The molecule has 0 saturated carbocycles. The highest BCUT2D eigenvalue weighted by Crippen LogP contribution is 2.08. The van der Waals surface area contributed by atoms with Gasteiger partial charge in [0.15, 0.2) is 0 Å². The lowest BCUT2D eigenvalue weighted by atomic mass is 10.1. The molecule has 4 nitrogen and oxygen atoms in total. The van der Waals surface area contributed by atoms with Crippen molar-refractivity contribution in [1.29, 1.82) is 0 Å². The van der Waals surface area contributed by atoms with Gasteiger partial charge >= 0.3 is 0 Å². The molecule has 0 radical (unpaired) electrons. The van der Waals surface area contributed by atoms with E-state index in [1.807, 2.05) is 0 Å². The molecular weight excluding hydrogens is 259 g/mol. The lowest BCUT2D eigenvalue weighted by Gasteiger charge is -2.15. The molecule has 0 heterocycles. The van der Waals surface area contributed by atoms with Crippen LogP contribution in [-0.4, -0.2) is 17.9 Å². The Kier molecular flexibility index (Phi) is 6.70. The highest BCUT2D eigenvalue weighted by Gasteiger charge is 2.18. The van der Waals surface area contributed by atoms with Gasteiger partial charge < -0.3 is 11.1 Å². The monoisotopic (exact) mass is 280 g/mol. The third-order valence-corrected chi connectivity index (χ3v) is 3.08. The molecule has 1 rings (SSSR count). The van der Waals surface area contributed by atoms with Crippen LogP contribution < -0.4 is 11.1 Å². The molecule has 1 atom stereocenters. The van der Waals surface area contributed by atoms with Crippen LogP contribution in [0.2, 0.25) is 0 Å². The number of carbonyl (C=O) groups excluding carboxylic acids is 2. The van der Waals surface area contributed by atoms with Gasteiger partial charge in [-0.3, -0.25) is 9.59 Å². The van der Waals surface area contributed by atoms with Crippen LogP contribution in [0.15, 0.2) is 24.3 Å². The Hall–Kier alpha value is -1.91. The summed E-state index contributed by atoms with van der Waals surface area (Å²) in [7, 11) is 0. The molecule has 0 aliphatic heterocycles. The number of rotatable bonds is 8. The smallest absolute Gasteiger partial charge is 0.252 e. The normalized spacial score (nSPS) is 11.9. The second-order valence-electron chi connectivity index (χ2n) is 4.79. The third-order valence-electron chi connectivity index (χ3n) is 3.08. The molecule has 0 fully saturated rings. The van der Waals surface area contributed by atoms with E-state index >= 15 is 0 Å². The summed E-state index contributed by atoms with van der Waals surface area (Å²) >= 11 is 0. The Morgan fingerprint density at radius 3 is 2.65 bits per heavy atom. The van der Waals surface area contributed by atoms with Gasteiger partial charge in [-0.15, -0.1) is 0 Å². The standard InChI is InChI=1S/C15H21FN2O2/c1-2-3-4-5-9-13(14(17)19)18-15(20)11-7-6-8-12(16)10-11/h6-8,10,13H,2-5,9H2,1H3,(H2,17,19)(H,18,20)/t13-/m0/s1. The summed E-state index contributed by atoms with van der Waals surface area (Å²) in [6.45, 7) is 2.09. The molecule has 20 heavy (non-hydrogen) atoms. The van der Waals surface area contributed by atoms with E-state index in [9.17, 15) is 14.0 Å². The van der Waals surface area contributed by atoms with Crippen molar-refractivity contribution in [3.05, 3.63) is 35.6 Å². The highest BCUT2D eigenvalue weighted by molar-refractivity contribution is 5.97. The first-order chi connectivity index (χ1) is 9.54. The largest absolute Gasteiger partial charge is 0.368 e. The fourth-order valence-electron chi connectivity index (χ4n) is 1.93. The van der Waals surface area contributed by atoms with Gasteiger partial charge in [-0.05, 0) is 24.6 Å². The van der Waals surface area contributed by atoms with Gasteiger partial charge in [0.2, 0.25) is 5.91 Å². The Balaban J connectivity index is 2.56. The molecule has 0 unspecified atom stereocenters. The van der Waals surface area contributed by atoms with Crippen LogP contribution in [0.4, 0.5) is 4.39 Å². The van der Waals surface area contributed by atoms with Crippen molar-refractivity contribution in [1.82, 2.24) is 5.32 Å². The maximum absolute atomic E-state index is 13.0. The Labute approximate surface area is 118 Å². The zero-order valence-electron chi connectivity index (χ0n) is 11.7. The minimum atomic E-state index is -0.706. The SMILES string of the molecule is CCCCCC[C@H](NC(=O)c1cccc(F)c1)C(N)=O. The number of nitrogens with one attached hydrogen (secondary N) is 1. The van der Waals surface area contributed by atoms with Crippen molar-refractivity contribution >= 4 is 11.8 Å². The molecule has 0 spiro atoms. The zero-order chi connectivity index (χ0) is 15.0.